The van der Waals surface area contributed by atoms with Crippen LogP contribution in [0.4, 0.5) is 0 Å². The number of ether oxygens (including phenoxy) is 1. The van der Waals surface area contributed by atoms with Crippen molar-refractivity contribution in [2.24, 2.45) is 0 Å². The quantitative estimate of drug-likeness (QED) is 0.259. The summed E-state index contributed by atoms with van der Waals surface area (Å²) in [6.45, 7) is 6.28. The summed E-state index contributed by atoms with van der Waals surface area (Å²) in [5, 5.41) is 0. The van der Waals surface area contributed by atoms with Crippen LogP contribution in [0.15, 0.2) is 47.6 Å². The van der Waals surface area contributed by atoms with Crippen molar-refractivity contribution in [3.05, 3.63) is 53.1 Å². The van der Waals surface area contributed by atoms with Gasteiger partial charge in [0.2, 0.25) is 0 Å². The Hall–Kier alpha value is -1.83. The maximum atomic E-state index is 11.8. The summed E-state index contributed by atoms with van der Waals surface area (Å²) in [6.07, 6.45) is 10.00. The van der Waals surface area contributed by atoms with E-state index in [9.17, 15) is 4.79 Å². The molecule has 1 aromatic rings. The van der Waals surface area contributed by atoms with E-state index in [1.807, 2.05) is 38.1 Å². The molecule has 1 aromatic carbocycles. The lowest BCUT2D eigenvalue weighted by atomic mass is 10.0. The number of hydrogen-bond donors (Lipinski definition) is 0. The molecule has 0 unspecified atom stereocenters. The van der Waals surface area contributed by atoms with Crippen LogP contribution in [0, 0.1) is 0 Å². The van der Waals surface area contributed by atoms with E-state index in [0.29, 0.717) is 12.2 Å². The summed E-state index contributed by atoms with van der Waals surface area (Å²) >= 11 is 0. The molecule has 0 aliphatic rings. The zero-order valence-corrected chi connectivity index (χ0v) is 14.1. The number of hydrogen-bond acceptors (Lipinski definition) is 2. The maximum absolute atomic E-state index is 11.8. The Labute approximate surface area is 134 Å². The molecular weight excluding hydrogens is 272 g/mol. The van der Waals surface area contributed by atoms with Gasteiger partial charge in [0.15, 0.2) is 0 Å². The Balaban J connectivity index is 2.84. The minimum atomic E-state index is -0.227. The zero-order chi connectivity index (χ0) is 16.2. The minimum absolute atomic E-state index is 0.227. The van der Waals surface area contributed by atoms with Crippen molar-refractivity contribution < 1.29 is 9.53 Å². The second-order valence-corrected chi connectivity index (χ2v) is 5.49. The highest BCUT2D eigenvalue weighted by Crippen LogP contribution is 2.17. The summed E-state index contributed by atoms with van der Waals surface area (Å²) in [5.74, 6) is -0.227. The average molecular weight is 300 g/mol. The van der Waals surface area contributed by atoms with Crippen LogP contribution in [0.3, 0.4) is 0 Å². The molecule has 22 heavy (non-hydrogen) atoms. The summed E-state index contributed by atoms with van der Waals surface area (Å²) in [5.41, 5.74) is 3.02. The lowest BCUT2D eigenvalue weighted by molar-refractivity contribution is -0.138. The largest absolute Gasteiger partial charge is 0.463 e. The first kappa shape index (κ1) is 18.2. The van der Waals surface area contributed by atoms with Gasteiger partial charge in [0.25, 0.3) is 0 Å². The fourth-order valence-electron chi connectivity index (χ4n) is 2.29. The molecule has 2 nitrogen and oxygen atoms in total. The van der Waals surface area contributed by atoms with E-state index in [1.54, 1.807) is 0 Å². The fraction of sp³-hybridized carbons (Fsp3) is 0.450. The Kier molecular flexibility index (Phi) is 8.97. The van der Waals surface area contributed by atoms with Crippen molar-refractivity contribution in [3.63, 3.8) is 0 Å². The lowest BCUT2D eigenvalue weighted by Crippen LogP contribution is -2.05. The summed E-state index contributed by atoms with van der Waals surface area (Å²) in [4.78, 5) is 11.8. The SMILES string of the molecule is CCCCCCC(=Cc1ccccc1)C=C(C)C(=O)OCC. The third-order valence-electron chi connectivity index (χ3n) is 3.47. The Morgan fingerprint density at radius 2 is 1.82 bits per heavy atom. The van der Waals surface area contributed by atoms with Gasteiger partial charge >= 0.3 is 5.97 Å². The standard InChI is InChI=1S/C20H28O2/c1-4-6-7-9-14-19(15-17(3)20(21)22-5-2)16-18-12-10-8-11-13-18/h8,10-13,15-16H,4-7,9,14H2,1-3H3. The first-order valence-electron chi connectivity index (χ1n) is 8.28. The predicted octanol–water partition coefficient (Wildman–Crippen LogP) is 5.55. The van der Waals surface area contributed by atoms with E-state index in [2.05, 4.69) is 25.1 Å². The highest BCUT2D eigenvalue weighted by Gasteiger charge is 2.06. The monoisotopic (exact) mass is 300 g/mol. The van der Waals surface area contributed by atoms with Gasteiger partial charge in [-0.3, -0.25) is 0 Å². The van der Waals surface area contributed by atoms with Gasteiger partial charge in [-0.1, -0.05) is 62.6 Å². The van der Waals surface area contributed by atoms with Crippen LogP contribution >= 0.6 is 0 Å². The van der Waals surface area contributed by atoms with E-state index >= 15 is 0 Å². The molecule has 0 fully saturated rings. The molecule has 0 spiro atoms. The number of benzene rings is 1. The third kappa shape index (κ3) is 7.26. The van der Waals surface area contributed by atoms with Gasteiger partial charge in [-0.15, -0.1) is 0 Å². The van der Waals surface area contributed by atoms with E-state index in [1.165, 1.54) is 30.4 Å². The topological polar surface area (TPSA) is 26.3 Å². The number of unbranched alkanes of at least 4 members (excludes halogenated alkanes) is 3. The first-order chi connectivity index (χ1) is 10.7. The van der Waals surface area contributed by atoms with Crippen LogP contribution in [-0.4, -0.2) is 12.6 Å². The molecule has 0 amide bonds. The molecule has 0 heterocycles. The molecule has 0 aromatic heterocycles. The molecule has 0 saturated heterocycles. The number of allylic oxidation sites excluding steroid dienone is 2. The number of carbonyl (C=O) groups is 1. The van der Waals surface area contributed by atoms with Crippen LogP contribution in [0.1, 0.15) is 58.4 Å². The highest BCUT2D eigenvalue weighted by atomic mass is 16.5. The van der Waals surface area contributed by atoms with E-state index in [0.717, 1.165) is 12.8 Å². The van der Waals surface area contributed by atoms with Crippen LogP contribution in [0.2, 0.25) is 0 Å². The number of carbonyl (C=O) groups excluding carboxylic acids is 1. The summed E-state index contributed by atoms with van der Waals surface area (Å²) in [7, 11) is 0. The van der Waals surface area contributed by atoms with Crippen LogP contribution < -0.4 is 0 Å². The minimum Gasteiger partial charge on any atom is -0.463 e. The van der Waals surface area contributed by atoms with Crippen molar-refractivity contribution in [1.82, 2.24) is 0 Å². The Bertz CT molecular complexity index is 498. The summed E-state index contributed by atoms with van der Waals surface area (Å²) in [6, 6.07) is 10.2. The first-order valence-corrected chi connectivity index (χ1v) is 8.28. The van der Waals surface area contributed by atoms with Crippen molar-refractivity contribution in [2.75, 3.05) is 6.61 Å². The van der Waals surface area contributed by atoms with Crippen molar-refractivity contribution in [1.29, 1.82) is 0 Å². The van der Waals surface area contributed by atoms with Crippen molar-refractivity contribution in [3.8, 4) is 0 Å². The average Bonchev–Trinajstić information content (AvgIpc) is 2.52. The fourth-order valence-corrected chi connectivity index (χ4v) is 2.29. The molecule has 0 bridgehead atoms. The Morgan fingerprint density at radius 1 is 1.09 bits per heavy atom. The van der Waals surface area contributed by atoms with Crippen LogP contribution in [-0.2, 0) is 9.53 Å². The van der Waals surface area contributed by atoms with Crippen LogP contribution in [0.25, 0.3) is 6.08 Å². The number of rotatable bonds is 9. The smallest absolute Gasteiger partial charge is 0.333 e. The summed E-state index contributed by atoms with van der Waals surface area (Å²) < 4.78 is 5.06. The van der Waals surface area contributed by atoms with E-state index in [4.69, 9.17) is 4.74 Å². The Morgan fingerprint density at radius 3 is 2.45 bits per heavy atom. The van der Waals surface area contributed by atoms with E-state index in [-0.39, 0.29) is 5.97 Å². The van der Waals surface area contributed by atoms with Gasteiger partial charge in [0, 0.05) is 5.57 Å². The van der Waals surface area contributed by atoms with E-state index < -0.39 is 0 Å². The molecule has 0 saturated carbocycles. The van der Waals surface area contributed by atoms with Gasteiger partial charge in [0.05, 0.1) is 6.61 Å². The third-order valence-corrected chi connectivity index (χ3v) is 3.47. The van der Waals surface area contributed by atoms with Gasteiger partial charge < -0.3 is 4.74 Å². The predicted molar refractivity (Wildman–Crippen MR) is 93.6 cm³/mol. The molecule has 0 radical (unpaired) electrons. The molecule has 0 aliphatic carbocycles. The molecule has 0 N–H and O–H groups in total. The van der Waals surface area contributed by atoms with Crippen molar-refractivity contribution >= 4 is 12.0 Å². The highest BCUT2D eigenvalue weighted by molar-refractivity contribution is 5.88. The van der Waals surface area contributed by atoms with Gasteiger partial charge in [0.1, 0.15) is 0 Å². The second-order valence-electron chi connectivity index (χ2n) is 5.49. The zero-order valence-electron chi connectivity index (χ0n) is 14.1. The normalized spacial score (nSPS) is 12.3. The van der Waals surface area contributed by atoms with Gasteiger partial charge in [-0.05, 0) is 43.9 Å². The van der Waals surface area contributed by atoms with Crippen LogP contribution in [0.5, 0.6) is 0 Å². The molecule has 120 valence electrons. The molecule has 0 atom stereocenters. The van der Waals surface area contributed by atoms with Gasteiger partial charge in [-0.2, -0.15) is 0 Å². The molecule has 2 heteroatoms. The maximum Gasteiger partial charge on any atom is 0.333 e. The van der Waals surface area contributed by atoms with Crippen molar-refractivity contribution in [2.45, 2.75) is 52.9 Å². The van der Waals surface area contributed by atoms with Gasteiger partial charge in [-0.25, -0.2) is 4.79 Å². The number of esters is 1. The lowest BCUT2D eigenvalue weighted by Gasteiger charge is -2.06. The molecule has 1 rings (SSSR count). The molecule has 0 aliphatic heterocycles. The second kappa shape index (κ2) is 10.8. The molecular formula is C20H28O2.